The van der Waals surface area contributed by atoms with Gasteiger partial charge in [-0.2, -0.15) is 0 Å². The van der Waals surface area contributed by atoms with Gasteiger partial charge < -0.3 is 24.8 Å². The molecule has 0 heterocycles. The van der Waals surface area contributed by atoms with Gasteiger partial charge in [-0.1, -0.05) is 48.5 Å². The average molecular weight is 412 g/mol. The molecule has 0 saturated carbocycles. The lowest BCUT2D eigenvalue weighted by Gasteiger charge is -2.32. The van der Waals surface area contributed by atoms with E-state index in [9.17, 15) is 9.59 Å². The van der Waals surface area contributed by atoms with E-state index in [0.717, 1.165) is 5.56 Å². The molecule has 1 atom stereocenters. The first-order chi connectivity index (χ1) is 14.5. The summed E-state index contributed by atoms with van der Waals surface area (Å²) in [6.45, 7) is 5.43. The zero-order chi connectivity index (χ0) is 21.9. The summed E-state index contributed by atoms with van der Waals surface area (Å²) < 4.78 is 16.4. The van der Waals surface area contributed by atoms with E-state index < -0.39 is 12.0 Å². The average Bonchev–Trinajstić information content (AvgIpc) is 2.74. The van der Waals surface area contributed by atoms with Crippen LogP contribution in [0.15, 0.2) is 61.2 Å². The van der Waals surface area contributed by atoms with Crippen LogP contribution in [0.1, 0.15) is 24.1 Å². The van der Waals surface area contributed by atoms with Gasteiger partial charge in [-0.25, -0.2) is 0 Å². The maximum Gasteiger partial charge on any atom is 0.303 e. The third kappa shape index (κ3) is 6.35. The van der Waals surface area contributed by atoms with E-state index in [1.807, 2.05) is 36.4 Å². The SMILES string of the molecule is C=CCN(C(=O)COC(C)=O)[C@@H](COCc1ccccc1)c1cccc(N)c1OC. The highest BCUT2D eigenvalue weighted by Gasteiger charge is 2.28. The van der Waals surface area contributed by atoms with Crippen molar-refractivity contribution in [2.24, 2.45) is 0 Å². The van der Waals surface area contributed by atoms with Crippen molar-refractivity contribution in [1.29, 1.82) is 0 Å². The standard InChI is InChI=1S/C23H28N2O5/c1-4-13-25(22(27)16-30-17(2)26)21(15-29-14-18-9-6-5-7-10-18)19-11-8-12-20(24)23(19)28-3/h4-12,21H,1,13-16,24H2,2-3H3/t21-/m0/s1. The lowest BCUT2D eigenvalue weighted by atomic mass is 10.0. The zero-order valence-electron chi connectivity index (χ0n) is 17.4. The molecule has 0 aromatic heterocycles. The van der Waals surface area contributed by atoms with Crippen molar-refractivity contribution in [3.63, 3.8) is 0 Å². The van der Waals surface area contributed by atoms with Crippen LogP contribution >= 0.6 is 0 Å². The number of esters is 1. The number of hydrogen-bond acceptors (Lipinski definition) is 6. The molecular formula is C23H28N2O5. The van der Waals surface area contributed by atoms with Crippen molar-refractivity contribution in [3.05, 3.63) is 72.3 Å². The van der Waals surface area contributed by atoms with E-state index >= 15 is 0 Å². The molecule has 160 valence electrons. The molecule has 0 unspecified atom stereocenters. The van der Waals surface area contributed by atoms with Crippen LogP contribution in [0.4, 0.5) is 5.69 Å². The van der Waals surface area contributed by atoms with Crippen LogP contribution in [-0.4, -0.2) is 43.6 Å². The Hall–Kier alpha value is -3.32. The van der Waals surface area contributed by atoms with Gasteiger partial charge >= 0.3 is 5.97 Å². The van der Waals surface area contributed by atoms with Gasteiger partial charge in [0.1, 0.15) is 5.75 Å². The molecule has 0 aliphatic rings. The predicted octanol–water partition coefficient (Wildman–Crippen LogP) is 3.11. The fourth-order valence-electron chi connectivity index (χ4n) is 3.07. The van der Waals surface area contributed by atoms with Gasteiger partial charge in [-0.3, -0.25) is 9.59 Å². The van der Waals surface area contributed by atoms with E-state index in [-0.39, 0.29) is 25.7 Å². The second-order valence-corrected chi connectivity index (χ2v) is 6.60. The smallest absolute Gasteiger partial charge is 0.303 e. The van der Waals surface area contributed by atoms with Gasteiger partial charge in [0, 0.05) is 19.0 Å². The molecule has 2 aromatic carbocycles. The van der Waals surface area contributed by atoms with E-state index in [4.69, 9.17) is 19.9 Å². The van der Waals surface area contributed by atoms with Gasteiger partial charge in [-0.05, 0) is 11.6 Å². The Balaban J connectivity index is 2.32. The van der Waals surface area contributed by atoms with E-state index in [1.54, 1.807) is 18.2 Å². The molecule has 0 aliphatic heterocycles. The number of nitrogens with two attached hydrogens (primary N) is 1. The lowest BCUT2D eigenvalue weighted by Crippen LogP contribution is -2.40. The number of rotatable bonds is 11. The topological polar surface area (TPSA) is 91.1 Å². The molecule has 0 saturated heterocycles. The zero-order valence-corrected chi connectivity index (χ0v) is 17.4. The minimum atomic E-state index is -0.527. The molecule has 0 spiro atoms. The number of para-hydroxylation sites is 1. The lowest BCUT2D eigenvalue weighted by molar-refractivity contribution is -0.151. The van der Waals surface area contributed by atoms with Crippen molar-refractivity contribution in [3.8, 4) is 5.75 Å². The number of benzene rings is 2. The molecule has 0 fully saturated rings. The van der Waals surface area contributed by atoms with Crippen molar-refractivity contribution in [2.45, 2.75) is 19.6 Å². The summed E-state index contributed by atoms with van der Waals surface area (Å²) in [7, 11) is 1.52. The molecule has 2 aromatic rings. The molecule has 30 heavy (non-hydrogen) atoms. The number of hydrogen-bond donors (Lipinski definition) is 1. The predicted molar refractivity (Wildman–Crippen MR) is 115 cm³/mol. The highest BCUT2D eigenvalue weighted by atomic mass is 16.5. The number of carbonyl (C=O) groups excluding carboxylic acids is 2. The summed E-state index contributed by atoms with van der Waals surface area (Å²) in [4.78, 5) is 25.6. The second kappa shape index (κ2) is 11.6. The van der Waals surface area contributed by atoms with Crippen LogP contribution in [0.25, 0.3) is 0 Å². The van der Waals surface area contributed by atoms with Crippen LogP contribution < -0.4 is 10.5 Å². The third-order valence-electron chi connectivity index (χ3n) is 4.45. The first kappa shape index (κ1) is 23.0. The Morgan fingerprint density at radius 2 is 1.90 bits per heavy atom. The normalized spacial score (nSPS) is 11.4. The van der Waals surface area contributed by atoms with Crippen LogP contribution in [0.3, 0.4) is 0 Å². The van der Waals surface area contributed by atoms with Crippen molar-refractivity contribution >= 4 is 17.6 Å². The number of ether oxygens (including phenoxy) is 3. The fourth-order valence-corrected chi connectivity index (χ4v) is 3.07. The summed E-state index contributed by atoms with van der Waals surface area (Å²) >= 11 is 0. The Kier molecular flexibility index (Phi) is 8.90. The summed E-state index contributed by atoms with van der Waals surface area (Å²) in [5.74, 6) is -0.427. The molecule has 0 bridgehead atoms. The highest BCUT2D eigenvalue weighted by Crippen LogP contribution is 2.34. The first-order valence-electron chi connectivity index (χ1n) is 9.55. The Labute approximate surface area is 177 Å². The summed E-state index contributed by atoms with van der Waals surface area (Å²) in [5.41, 5.74) is 8.24. The Morgan fingerprint density at radius 3 is 2.53 bits per heavy atom. The second-order valence-electron chi connectivity index (χ2n) is 6.60. The van der Waals surface area contributed by atoms with Gasteiger partial charge in [0.2, 0.25) is 0 Å². The van der Waals surface area contributed by atoms with Crippen molar-refractivity contribution < 1.29 is 23.8 Å². The minimum Gasteiger partial charge on any atom is -0.494 e. The van der Waals surface area contributed by atoms with Crippen molar-refractivity contribution in [1.82, 2.24) is 4.90 Å². The quantitative estimate of drug-likeness (QED) is 0.346. The van der Waals surface area contributed by atoms with Crippen LogP contribution in [0.2, 0.25) is 0 Å². The maximum absolute atomic E-state index is 12.8. The number of methoxy groups -OCH3 is 1. The van der Waals surface area contributed by atoms with E-state index in [0.29, 0.717) is 23.6 Å². The van der Waals surface area contributed by atoms with Gasteiger partial charge in [0.05, 0.1) is 32.1 Å². The van der Waals surface area contributed by atoms with Crippen LogP contribution in [0, 0.1) is 0 Å². The molecule has 0 aliphatic carbocycles. The molecular weight excluding hydrogens is 384 g/mol. The summed E-state index contributed by atoms with van der Waals surface area (Å²) in [5, 5.41) is 0. The van der Waals surface area contributed by atoms with Crippen LogP contribution in [0.5, 0.6) is 5.75 Å². The third-order valence-corrected chi connectivity index (χ3v) is 4.45. The van der Waals surface area contributed by atoms with Gasteiger partial charge in [0.25, 0.3) is 5.91 Å². The molecule has 7 heteroatoms. The molecule has 2 N–H and O–H groups in total. The Bertz CT molecular complexity index is 854. The molecule has 2 rings (SSSR count). The fraction of sp³-hybridized carbons (Fsp3) is 0.304. The monoisotopic (exact) mass is 412 g/mol. The Morgan fingerprint density at radius 1 is 1.17 bits per heavy atom. The summed E-state index contributed by atoms with van der Waals surface area (Å²) in [6.07, 6.45) is 1.61. The van der Waals surface area contributed by atoms with Gasteiger partial charge in [0.15, 0.2) is 6.61 Å². The summed E-state index contributed by atoms with van der Waals surface area (Å²) in [6, 6.07) is 14.6. The molecule has 0 radical (unpaired) electrons. The van der Waals surface area contributed by atoms with E-state index in [2.05, 4.69) is 6.58 Å². The largest absolute Gasteiger partial charge is 0.494 e. The van der Waals surface area contributed by atoms with Crippen LogP contribution in [-0.2, 0) is 25.7 Å². The first-order valence-corrected chi connectivity index (χ1v) is 9.55. The molecule has 1 amide bonds. The van der Waals surface area contributed by atoms with E-state index in [1.165, 1.54) is 18.9 Å². The number of carbonyl (C=O) groups is 2. The minimum absolute atomic E-state index is 0.189. The van der Waals surface area contributed by atoms with Gasteiger partial charge in [-0.15, -0.1) is 6.58 Å². The number of nitrogen functional groups attached to an aromatic ring is 1. The number of anilines is 1. The molecule has 7 nitrogen and oxygen atoms in total. The van der Waals surface area contributed by atoms with Crippen molar-refractivity contribution in [2.75, 3.05) is 32.6 Å². The number of nitrogens with zero attached hydrogens (tertiary/aromatic N) is 1. The maximum atomic E-state index is 12.8. The highest BCUT2D eigenvalue weighted by molar-refractivity contribution is 5.81. The number of amides is 1.